The second-order valence-corrected chi connectivity index (χ2v) is 6.45. The molecule has 0 saturated carbocycles. The number of carbonyl (C=O) groups is 1. The van der Waals surface area contributed by atoms with Crippen LogP contribution >= 0.6 is 24.0 Å². The Morgan fingerprint density at radius 1 is 1.10 bits per heavy atom. The lowest BCUT2D eigenvalue weighted by Gasteiger charge is -2.13. The number of methoxy groups -OCH3 is 2. The van der Waals surface area contributed by atoms with Gasteiger partial charge >= 0.3 is 5.97 Å². The summed E-state index contributed by atoms with van der Waals surface area (Å²) in [7, 11) is 4.57. The first-order chi connectivity index (χ1) is 14.1. The first-order valence-corrected chi connectivity index (χ1v) is 9.24. The van der Waals surface area contributed by atoms with Gasteiger partial charge in [0.15, 0.2) is 5.96 Å². The highest BCUT2D eigenvalue weighted by Gasteiger charge is 2.14. The Morgan fingerprint density at radius 3 is 2.50 bits per heavy atom. The maximum atomic E-state index is 11.9. The minimum Gasteiger partial charge on any atom is -0.496 e. The second kappa shape index (κ2) is 10.9. The van der Waals surface area contributed by atoms with Crippen molar-refractivity contribution < 1.29 is 18.7 Å². The van der Waals surface area contributed by atoms with Crippen molar-refractivity contribution in [3.8, 4) is 5.75 Å². The molecule has 0 unspecified atom stereocenters. The summed E-state index contributed by atoms with van der Waals surface area (Å²) in [6.45, 7) is 3.04. The summed E-state index contributed by atoms with van der Waals surface area (Å²) in [6.07, 6.45) is 0. The Morgan fingerprint density at radius 2 is 1.83 bits per heavy atom. The number of benzene rings is 2. The van der Waals surface area contributed by atoms with E-state index in [2.05, 4.69) is 15.6 Å². The van der Waals surface area contributed by atoms with Crippen LogP contribution < -0.4 is 15.4 Å². The molecule has 2 aromatic carbocycles. The van der Waals surface area contributed by atoms with Crippen LogP contribution in [0, 0.1) is 6.92 Å². The minimum atomic E-state index is -0.438. The van der Waals surface area contributed by atoms with Crippen LogP contribution in [0.3, 0.4) is 0 Å². The van der Waals surface area contributed by atoms with E-state index in [9.17, 15) is 4.79 Å². The number of nitrogens with zero attached hydrogens (tertiary/aromatic N) is 1. The summed E-state index contributed by atoms with van der Waals surface area (Å²) in [6, 6.07) is 13.3. The van der Waals surface area contributed by atoms with Gasteiger partial charge in [0.1, 0.15) is 22.7 Å². The van der Waals surface area contributed by atoms with Crippen LogP contribution in [-0.4, -0.2) is 33.2 Å². The number of halogens is 1. The third-order valence-electron chi connectivity index (χ3n) is 4.71. The molecule has 0 bridgehead atoms. The van der Waals surface area contributed by atoms with Crippen LogP contribution in [0.2, 0.25) is 0 Å². The number of furan rings is 1. The summed E-state index contributed by atoms with van der Waals surface area (Å²) in [4.78, 5) is 16.2. The van der Waals surface area contributed by atoms with E-state index >= 15 is 0 Å². The normalized spacial score (nSPS) is 11.0. The lowest BCUT2D eigenvalue weighted by Crippen LogP contribution is -2.36. The standard InChI is InChI=1S/C22H25N3O4.HI/c1-14-16-7-5-6-8-19(16)29-20(14)13-25-22(23-2)24-12-15-9-10-18(27-3)17(11-15)21(26)28-4;/h5-11H,12-13H2,1-4H3,(H2,23,24,25);1H. The Labute approximate surface area is 192 Å². The minimum absolute atomic E-state index is 0. The van der Waals surface area contributed by atoms with E-state index in [4.69, 9.17) is 13.9 Å². The number of hydrogen-bond acceptors (Lipinski definition) is 5. The number of hydrogen-bond donors (Lipinski definition) is 2. The molecule has 8 heteroatoms. The second-order valence-electron chi connectivity index (χ2n) is 6.45. The molecule has 0 aliphatic heterocycles. The Balaban J connectivity index is 0.00000320. The predicted octanol–water partition coefficient (Wildman–Crippen LogP) is 4.02. The number of carbonyl (C=O) groups excluding carboxylic acids is 1. The number of esters is 1. The van der Waals surface area contributed by atoms with Crippen LogP contribution in [0.15, 0.2) is 51.9 Å². The quantitative estimate of drug-likeness (QED) is 0.220. The molecule has 1 aromatic heterocycles. The highest BCUT2D eigenvalue weighted by Crippen LogP contribution is 2.24. The first-order valence-electron chi connectivity index (χ1n) is 9.24. The van der Waals surface area contributed by atoms with Crippen molar-refractivity contribution in [3.63, 3.8) is 0 Å². The van der Waals surface area contributed by atoms with Gasteiger partial charge < -0.3 is 24.5 Å². The average Bonchev–Trinajstić information content (AvgIpc) is 3.09. The SMILES string of the molecule is CN=C(NCc1ccc(OC)c(C(=O)OC)c1)NCc1oc2ccccc2c1C.I. The molecule has 0 fully saturated rings. The van der Waals surface area contributed by atoms with Crippen LogP contribution in [0.4, 0.5) is 0 Å². The molecule has 0 spiro atoms. The molecule has 1 heterocycles. The number of rotatable bonds is 6. The van der Waals surface area contributed by atoms with E-state index in [0.29, 0.717) is 30.4 Å². The van der Waals surface area contributed by atoms with Crippen LogP contribution in [-0.2, 0) is 17.8 Å². The highest BCUT2D eigenvalue weighted by atomic mass is 127. The van der Waals surface area contributed by atoms with Gasteiger partial charge in [-0.3, -0.25) is 4.99 Å². The van der Waals surface area contributed by atoms with E-state index in [0.717, 1.165) is 27.9 Å². The summed E-state index contributed by atoms with van der Waals surface area (Å²) in [5.41, 5.74) is 3.27. The smallest absolute Gasteiger partial charge is 0.341 e. The number of nitrogens with one attached hydrogen (secondary N) is 2. The molecular weight excluding hydrogens is 497 g/mol. The molecule has 3 aromatic rings. The predicted molar refractivity (Wildman–Crippen MR) is 128 cm³/mol. The number of para-hydroxylation sites is 1. The zero-order valence-corrected chi connectivity index (χ0v) is 19.8. The van der Waals surface area contributed by atoms with Crippen molar-refractivity contribution in [1.29, 1.82) is 0 Å². The van der Waals surface area contributed by atoms with Crippen molar-refractivity contribution in [2.45, 2.75) is 20.0 Å². The fourth-order valence-electron chi connectivity index (χ4n) is 3.10. The zero-order chi connectivity index (χ0) is 20.8. The summed E-state index contributed by atoms with van der Waals surface area (Å²) in [5, 5.41) is 7.60. The highest BCUT2D eigenvalue weighted by molar-refractivity contribution is 14.0. The number of ether oxygens (including phenoxy) is 2. The Hall–Kier alpha value is -2.75. The van der Waals surface area contributed by atoms with Crippen molar-refractivity contribution in [3.05, 3.63) is 64.9 Å². The van der Waals surface area contributed by atoms with Gasteiger partial charge in [0.05, 0.1) is 20.8 Å². The third-order valence-corrected chi connectivity index (χ3v) is 4.71. The molecule has 0 amide bonds. The maximum Gasteiger partial charge on any atom is 0.341 e. The van der Waals surface area contributed by atoms with Gasteiger partial charge in [0, 0.05) is 24.5 Å². The van der Waals surface area contributed by atoms with E-state index in [1.165, 1.54) is 14.2 Å². The zero-order valence-electron chi connectivity index (χ0n) is 17.4. The maximum absolute atomic E-state index is 11.9. The fourth-order valence-corrected chi connectivity index (χ4v) is 3.10. The Kier molecular flexibility index (Phi) is 8.52. The molecule has 0 radical (unpaired) electrons. The van der Waals surface area contributed by atoms with Crippen molar-refractivity contribution in [2.75, 3.05) is 21.3 Å². The largest absolute Gasteiger partial charge is 0.496 e. The van der Waals surface area contributed by atoms with Crippen LogP contribution in [0.25, 0.3) is 11.0 Å². The number of guanidine groups is 1. The molecule has 30 heavy (non-hydrogen) atoms. The summed E-state index contributed by atoms with van der Waals surface area (Å²) >= 11 is 0. The van der Waals surface area contributed by atoms with Crippen molar-refractivity contribution in [2.24, 2.45) is 4.99 Å². The van der Waals surface area contributed by atoms with Crippen LogP contribution in [0.5, 0.6) is 5.75 Å². The van der Waals surface area contributed by atoms with Gasteiger partial charge in [-0.1, -0.05) is 24.3 Å². The molecule has 7 nitrogen and oxygen atoms in total. The molecule has 0 aliphatic rings. The average molecular weight is 523 g/mol. The number of aliphatic imine (C=N–C) groups is 1. The monoisotopic (exact) mass is 523 g/mol. The lowest BCUT2D eigenvalue weighted by molar-refractivity contribution is 0.0597. The van der Waals surface area contributed by atoms with E-state index in [-0.39, 0.29) is 24.0 Å². The summed E-state index contributed by atoms with van der Waals surface area (Å²) in [5.74, 6) is 1.53. The number of aryl methyl sites for hydroxylation is 1. The fraction of sp³-hybridized carbons (Fsp3) is 0.273. The van der Waals surface area contributed by atoms with Crippen molar-refractivity contribution >= 4 is 46.9 Å². The Bertz CT molecular complexity index is 1050. The van der Waals surface area contributed by atoms with E-state index in [1.54, 1.807) is 19.2 Å². The van der Waals surface area contributed by atoms with Gasteiger partial charge in [-0.25, -0.2) is 4.79 Å². The molecule has 0 saturated heterocycles. The molecule has 2 N–H and O–H groups in total. The lowest BCUT2D eigenvalue weighted by atomic mass is 10.1. The first kappa shape index (κ1) is 23.5. The van der Waals surface area contributed by atoms with Gasteiger partial charge in [-0.15, -0.1) is 24.0 Å². The van der Waals surface area contributed by atoms with Gasteiger partial charge in [0.25, 0.3) is 0 Å². The van der Waals surface area contributed by atoms with E-state index < -0.39 is 5.97 Å². The third kappa shape index (κ3) is 5.24. The molecule has 160 valence electrons. The van der Waals surface area contributed by atoms with Crippen LogP contribution in [0.1, 0.15) is 27.2 Å². The van der Waals surface area contributed by atoms with Gasteiger partial charge in [-0.05, 0) is 30.7 Å². The van der Waals surface area contributed by atoms with Gasteiger partial charge in [0.2, 0.25) is 0 Å². The van der Waals surface area contributed by atoms with E-state index in [1.807, 2.05) is 37.3 Å². The number of fused-ring (bicyclic) bond motifs is 1. The molecule has 3 rings (SSSR count). The molecule has 0 aliphatic carbocycles. The topological polar surface area (TPSA) is 85.1 Å². The molecular formula is C22H26IN3O4. The summed E-state index contributed by atoms with van der Waals surface area (Å²) < 4.78 is 16.0. The van der Waals surface area contributed by atoms with Gasteiger partial charge in [-0.2, -0.15) is 0 Å². The van der Waals surface area contributed by atoms with Crippen molar-refractivity contribution in [1.82, 2.24) is 10.6 Å². The molecule has 0 atom stereocenters.